The van der Waals surface area contributed by atoms with Crippen molar-refractivity contribution in [2.75, 3.05) is 13.1 Å². The topological polar surface area (TPSA) is 78.9 Å². The number of carboxylic acid groups (broad SMARTS) is 1. The van der Waals surface area contributed by atoms with E-state index < -0.39 is 5.97 Å². The molecule has 1 heterocycles. The molecule has 0 bridgehead atoms. The van der Waals surface area contributed by atoms with Crippen molar-refractivity contribution in [1.82, 2.24) is 10.2 Å². The summed E-state index contributed by atoms with van der Waals surface area (Å²) in [4.78, 5) is 25.0. The van der Waals surface area contributed by atoms with Gasteiger partial charge in [-0.15, -0.1) is 0 Å². The van der Waals surface area contributed by atoms with Crippen molar-refractivity contribution < 1.29 is 19.4 Å². The van der Waals surface area contributed by atoms with Gasteiger partial charge in [-0.1, -0.05) is 20.8 Å². The van der Waals surface area contributed by atoms with E-state index >= 15 is 0 Å². The number of morpholine rings is 1. The van der Waals surface area contributed by atoms with Gasteiger partial charge in [-0.05, 0) is 25.7 Å². The number of carboxylic acids is 1. The summed E-state index contributed by atoms with van der Waals surface area (Å²) in [6.45, 7) is 11.0. The summed E-state index contributed by atoms with van der Waals surface area (Å²) < 4.78 is 5.60. The molecule has 6 nitrogen and oxygen atoms in total. The number of rotatable bonds is 4. The molecule has 0 aromatic heterocycles. The molecule has 0 aromatic rings. The van der Waals surface area contributed by atoms with Crippen LogP contribution in [0.4, 0.5) is 4.79 Å². The minimum atomic E-state index is -0.895. The van der Waals surface area contributed by atoms with E-state index in [9.17, 15) is 9.59 Å². The molecule has 3 atom stereocenters. The number of urea groups is 1. The van der Waals surface area contributed by atoms with Crippen molar-refractivity contribution in [1.29, 1.82) is 0 Å². The molecule has 122 valence electrons. The van der Waals surface area contributed by atoms with Crippen molar-refractivity contribution in [2.45, 2.75) is 65.7 Å². The quantitative estimate of drug-likeness (QED) is 0.833. The van der Waals surface area contributed by atoms with Crippen LogP contribution in [-0.2, 0) is 9.53 Å². The zero-order chi connectivity index (χ0) is 16.2. The van der Waals surface area contributed by atoms with Gasteiger partial charge < -0.3 is 20.1 Å². The van der Waals surface area contributed by atoms with E-state index in [1.165, 1.54) is 0 Å². The van der Waals surface area contributed by atoms with Gasteiger partial charge in [0.05, 0.1) is 18.6 Å². The van der Waals surface area contributed by atoms with Crippen LogP contribution in [-0.4, -0.2) is 53.3 Å². The van der Waals surface area contributed by atoms with Crippen molar-refractivity contribution >= 4 is 12.0 Å². The molecule has 2 amide bonds. The second-order valence-electron chi connectivity index (χ2n) is 7.17. The number of nitrogens with one attached hydrogen (secondary N) is 1. The van der Waals surface area contributed by atoms with Gasteiger partial charge in [0.1, 0.15) is 0 Å². The lowest BCUT2D eigenvalue weighted by Gasteiger charge is -2.36. The average Bonchev–Trinajstić information content (AvgIpc) is 2.23. The van der Waals surface area contributed by atoms with Crippen molar-refractivity contribution in [3.05, 3.63) is 0 Å². The first kappa shape index (κ1) is 17.8. The van der Waals surface area contributed by atoms with E-state index in [0.717, 1.165) is 0 Å². The van der Waals surface area contributed by atoms with Gasteiger partial charge in [-0.25, -0.2) is 4.79 Å². The Morgan fingerprint density at radius 1 is 1.29 bits per heavy atom. The molecule has 1 unspecified atom stereocenters. The van der Waals surface area contributed by atoms with Gasteiger partial charge in [0.25, 0.3) is 0 Å². The van der Waals surface area contributed by atoms with E-state index in [1.54, 1.807) is 4.90 Å². The Kier molecular flexibility index (Phi) is 6.01. The predicted molar refractivity (Wildman–Crippen MR) is 80.2 cm³/mol. The SMILES string of the molecule is C[C@@H]1CN(C(=O)NC(CC(=O)O)CC(C)(C)C)C[C@H](C)O1. The lowest BCUT2D eigenvalue weighted by atomic mass is 9.87. The number of aliphatic carboxylic acids is 1. The fraction of sp³-hybridized carbons (Fsp3) is 0.867. The van der Waals surface area contributed by atoms with Crippen molar-refractivity contribution in [3.63, 3.8) is 0 Å². The molecular formula is C15H28N2O4. The van der Waals surface area contributed by atoms with Crippen LogP contribution in [0.25, 0.3) is 0 Å². The summed E-state index contributed by atoms with van der Waals surface area (Å²) in [6, 6.07) is -0.559. The Balaban J connectivity index is 2.64. The highest BCUT2D eigenvalue weighted by Crippen LogP contribution is 2.22. The fourth-order valence-electron chi connectivity index (χ4n) is 2.73. The predicted octanol–water partition coefficient (Wildman–Crippen LogP) is 2.08. The lowest BCUT2D eigenvalue weighted by molar-refractivity contribution is -0.137. The number of ether oxygens (including phenoxy) is 1. The average molecular weight is 300 g/mol. The maximum absolute atomic E-state index is 12.3. The third kappa shape index (κ3) is 6.80. The molecule has 21 heavy (non-hydrogen) atoms. The van der Waals surface area contributed by atoms with Crippen LogP contribution in [0, 0.1) is 5.41 Å². The Labute approximate surface area is 126 Å². The number of carbonyl (C=O) groups is 2. The molecule has 1 fully saturated rings. The highest BCUT2D eigenvalue weighted by Gasteiger charge is 2.29. The number of hydrogen-bond donors (Lipinski definition) is 2. The second kappa shape index (κ2) is 7.11. The van der Waals surface area contributed by atoms with Crippen LogP contribution >= 0.6 is 0 Å². The van der Waals surface area contributed by atoms with E-state index in [-0.39, 0.29) is 36.1 Å². The fourth-order valence-corrected chi connectivity index (χ4v) is 2.73. The molecule has 1 saturated heterocycles. The van der Waals surface area contributed by atoms with Crippen LogP contribution in [0.1, 0.15) is 47.5 Å². The van der Waals surface area contributed by atoms with E-state index in [0.29, 0.717) is 19.5 Å². The molecule has 0 aromatic carbocycles. The van der Waals surface area contributed by atoms with Gasteiger partial charge >= 0.3 is 12.0 Å². The molecule has 2 N–H and O–H groups in total. The van der Waals surface area contributed by atoms with Crippen molar-refractivity contribution in [3.8, 4) is 0 Å². The second-order valence-corrected chi connectivity index (χ2v) is 7.17. The first-order valence-corrected chi connectivity index (χ1v) is 7.49. The minimum Gasteiger partial charge on any atom is -0.481 e. The molecule has 0 spiro atoms. The Morgan fingerprint density at radius 2 is 1.81 bits per heavy atom. The smallest absolute Gasteiger partial charge is 0.317 e. The standard InChI is InChI=1S/C15H28N2O4/c1-10-8-17(9-11(2)21-10)14(20)16-12(6-13(18)19)7-15(3,4)5/h10-12H,6-9H2,1-5H3,(H,16,20)(H,18,19)/t10-,11+,12?. The zero-order valence-electron chi connectivity index (χ0n) is 13.7. The number of hydrogen-bond acceptors (Lipinski definition) is 3. The van der Waals surface area contributed by atoms with E-state index in [2.05, 4.69) is 5.32 Å². The molecule has 1 rings (SSSR count). The third-order valence-corrected chi connectivity index (χ3v) is 3.31. The number of carbonyl (C=O) groups excluding carboxylic acids is 1. The zero-order valence-corrected chi connectivity index (χ0v) is 13.7. The van der Waals surface area contributed by atoms with Crippen LogP contribution in [0.2, 0.25) is 0 Å². The summed E-state index contributed by atoms with van der Waals surface area (Å²) in [5.41, 5.74) is -0.0427. The van der Waals surface area contributed by atoms with Gasteiger partial charge in [-0.2, -0.15) is 0 Å². The Morgan fingerprint density at radius 3 is 2.24 bits per heavy atom. The molecule has 0 saturated carbocycles. The van der Waals surface area contributed by atoms with E-state index in [1.807, 2.05) is 34.6 Å². The number of nitrogens with zero attached hydrogens (tertiary/aromatic N) is 1. The molecule has 1 aliphatic rings. The van der Waals surface area contributed by atoms with Crippen LogP contribution < -0.4 is 5.32 Å². The Hall–Kier alpha value is -1.30. The molecule has 0 aliphatic carbocycles. The highest BCUT2D eigenvalue weighted by molar-refractivity contribution is 5.76. The van der Waals surface area contributed by atoms with Crippen LogP contribution in [0.3, 0.4) is 0 Å². The molecule has 0 radical (unpaired) electrons. The molecular weight excluding hydrogens is 272 g/mol. The van der Waals surface area contributed by atoms with Gasteiger partial charge in [0, 0.05) is 19.1 Å². The van der Waals surface area contributed by atoms with Gasteiger partial charge in [-0.3, -0.25) is 4.79 Å². The first-order chi connectivity index (χ1) is 9.56. The highest BCUT2D eigenvalue weighted by atomic mass is 16.5. The summed E-state index contributed by atoms with van der Waals surface area (Å²) in [6.07, 6.45) is 0.568. The van der Waals surface area contributed by atoms with Crippen LogP contribution in [0.5, 0.6) is 0 Å². The van der Waals surface area contributed by atoms with Crippen molar-refractivity contribution in [2.24, 2.45) is 5.41 Å². The third-order valence-electron chi connectivity index (χ3n) is 3.31. The first-order valence-electron chi connectivity index (χ1n) is 7.49. The molecule has 1 aliphatic heterocycles. The maximum Gasteiger partial charge on any atom is 0.317 e. The number of amides is 2. The molecule has 6 heteroatoms. The van der Waals surface area contributed by atoms with Gasteiger partial charge in [0.2, 0.25) is 0 Å². The van der Waals surface area contributed by atoms with E-state index in [4.69, 9.17) is 9.84 Å². The minimum absolute atomic E-state index is 0.0000369. The summed E-state index contributed by atoms with van der Waals surface area (Å²) in [5, 5.41) is 11.9. The summed E-state index contributed by atoms with van der Waals surface area (Å²) in [7, 11) is 0. The van der Waals surface area contributed by atoms with Gasteiger partial charge in [0.15, 0.2) is 0 Å². The monoisotopic (exact) mass is 300 g/mol. The summed E-state index contributed by atoms with van der Waals surface area (Å²) in [5.74, 6) is -0.895. The lowest BCUT2D eigenvalue weighted by Crippen LogP contribution is -2.54. The Bertz CT molecular complexity index is 368. The maximum atomic E-state index is 12.3. The summed E-state index contributed by atoms with van der Waals surface area (Å²) >= 11 is 0. The van der Waals surface area contributed by atoms with Crippen LogP contribution in [0.15, 0.2) is 0 Å². The largest absolute Gasteiger partial charge is 0.481 e. The normalized spacial score (nSPS) is 24.5.